The minimum absolute atomic E-state index is 0.181. The van der Waals surface area contributed by atoms with Crippen LogP contribution in [-0.4, -0.2) is 44.1 Å². The molecule has 0 amide bonds. The van der Waals surface area contributed by atoms with E-state index in [0.29, 0.717) is 64.6 Å². The second-order valence-electron chi connectivity index (χ2n) is 9.19. The molecule has 0 radical (unpaired) electrons. The molecule has 2 aliphatic rings. The summed E-state index contributed by atoms with van der Waals surface area (Å²) in [5, 5.41) is 9.43. The number of aryl methyl sites for hydroxylation is 1. The van der Waals surface area contributed by atoms with Crippen LogP contribution in [0.4, 0.5) is 10.2 Å². The molecule has 35 heavy (non-hydrogen) atoms. The summed E-state index contributed by atoms with van der Waals surface area (Å²) in [7, 11) is 0. The first kappa shape index (κ1) is 22.2. The van der Waals surface area contributed by atoms with Gasteiger partial charge >= 0.3 is 0 Å². The van der Waals surface area contributed by atoms with Crippen LogP contribution in [0.1, 0.15) is 41.8 Å². The van der Waals surface area contributed by atoms with E-state index in [4.69, 9.17) is 16.3 Å². The van der Waals surface area contributed by atoms with Crippen molar-refractivity contribution in [2.45, 2.75) is 38.8 Å². The highest BCUT2D eigenvalue weighted by Gasteiger charge is 2.29. The lowest BCUT2D eigenvalue weighted by molar-refractivity contribution is 0.0394. The molecule has 1 aromatic carbocycles. The van der Waals surface area contributed by atoms with Crippen LogP contribution in [0.2, 0.25) is 5.02 Å². The zero-order valence-electron chi connectivity index (χ0n) is 19.4. The van der Waals surface area contributed by atoms with Crippen molar-refractivity contribution < 1.29 is 9.13 Å². The molecule has 2 fully saturated rings. The summed E-state index contributed by atoms with van der Waals surface area (Å²) >= 11 is 5.99. The Hall–Kier alpha value is -3.30. The second kappa shape index (κ2) is 8.42. The molecule has 1 unspecified atom stereocenters. The van der Waals surface area contributed by atoms with E-state index in [1.165, 1.54) is 10.6 Å². The highest BCUT2D eigenvalue weighted by atomic mass is 35.5. The monoisotopic (exact) mass is 494 g/mol. The zero-order valence-corrected chi connectivity index (χ0v) is 20.2. The highest BCUT2D eigenvalue weighted by molar-refractivity contribution is 6.30. The fourth-order valence-corrected chi connectivity index (χ4v) is 4.63. The van der Waals surface area contributed by atoms with Crippen molar-refractivity contribution in [1.82, 2.24) is 24.4 Å². The third-order valence-corrected chi connectivity index (χ3v) is 7.01. The van der Waals surface area contributed by atoms with E-state index in [9.17, 15) is 4.79 Å². The third kappa shape index (κ3) is 3.98. The number of halogens is 2. The molecule has 1 saturated carbocycles. The van der Waals surface area contributed by atoms with Crippen LogP contribution in [-0.2, 0) is 4.74 Å². The van der Waals surface area contributed by atoms with E-state index in [-0.39, 0.29) is 11.7 Å². The Morgan fingerprint density at radius 3 is 2.77 bits per heavy atom. The molecule has 1 aliphatic heterocycles. The number of benzene rings is 1. The number of aromatic nitrogens is 5. The van der Waals surface area contributed by atoms with Gasteiger partial charge in [-0.1, -0.05) is 11.6 Å². The van der Waals surface area contributed by atoms with Gasteiger partial charge in [0.25, 0.3) is 5.56 Å². The predicted molar refractivity (Wildman–Crippen MR) is 131 cm³/mol. The summed E-state index contributed by atoms with van der Waals surface area (Å²) in [5.74, 6) is 0.0632. The van der Waals surface area contributed by atoms with Gasteiger partial charge in [0.05, 0.1) is 25.4 Å². The molecular formula is C25H24ClFN6O2. The number of anilines is 1. The van der Waals surface area contributed by atoms with E-state index >= 15 is 4.39 Å². The Morgan fingerprint density at radius 1 is 1.17 bits per heavy atom. The molecule has 8 nitrogen and oxygen atoms in total. The second-order valence-corrected chi connectivity index (χ2v) is 9.63. The molecular weight excluding hydrogens is 471 g/mol. The molecule has 1 saturated heterocycles. The molecule has 3 aromatic heterocycles. The lowest BCUT2D eigenvalue weighted by Gasteiger charge is -2.33. The normalized spacial score (nSPS) is 18.4. The molecule has 6 rings (SSSR count). The molecule has 4 heterocycles. The van der Waals surface area contributed by atoms with Crippen molar-refractivity contribution in [2.75, 3.05) is 24.6 Å². The topological polar surface area (TPSA) is 77.6 Å². The molecule has 1 atom stereocenters. The number of fused-ring (bicyclic) bond motifs is 1. The Kier molecular flexibility index (Phi) is 5.34. The maximum atomic E-state index is 15.0. The molecule has 0 bridgehead atoms. The molecule has 0 spiro atoms. The Balaban J connectivity index is 1.45. The number of hydrogen-bond acceptors (Lipinski definition) is 6. The first-order chi connectivity index (χ1) is 16.9. The number of morpholine rings is 1. The van der Waals surface area contributed by atoms with Crippen LogP contribution in [0, 0.1) is 19.7 Å². The summed E-state index contributed by atoms with van der Waals surface area (Å²) in [5.41, 5.74) is 2.91. The third-order valence-electron chi connectivity index (χ3n) is 6.77. The summed E-state index contributed by atoms with van der Waals surface area (Å²) < 4.78 is 24.3. The van der Waals surface area contributed by atoms with Gasteiger partial charge in [-0.2, -0.15) is 9.61 Å². The summed E-state index contributed by atoms with van der Waals surface area (Å²) in [6, 6.07) is 6.77. The number of hydrogen-bond donors (Lipinski definition) is 0. The minimum atomic E-state index is -0.489. The van der Waals surface area contributed by atoms with E-state index in [2.05, 4.69) is 26.3 Å². The van der Waals surface area contributed by atoms with Crippen molar-refractivity contribution >= 4 is 23.1 Å². The van der Waals surface area contributed by atoms with Crippen molar-refractivity contribution in [3.63, 3.8) is 0 Å². The van der Waals surface area contributed by atoms with Crippen LogP contribution < -0.4 is 10.5 Å². The molecule has 1 aliphatic carbocycles. The van der Waals surface area contributed by atoms with Crippen LogP contribution in [0.5, 0.6) is 0 Å². The molecule has 180 valence electrons. The number of ether oxygens (including phenoxy) is 1. The largest absolute Gasteiger partial charge is 0.370 e. The molecule has 4 aromatic rings. The smallest absolute Gasteiger partial charge is 0.277 e. The van der Waals surface area contributed by atoms with Gasteiger partial charge in [0, 0.05) is 45.7 Å². The van der Waals surface area contributed by atoms with Gasteiger partial charge in [0.1, 0.15) is 11.9 Å². The number of rotatable bonds is 4. The lowest BCUT2D eigenvalue weighted by Crippen LogP contribution is -2.39. The van der Waals surface area contributed by atoms with Crippen LogP contribution >= 0.6 is 11.6 Å². The van der Waals surface area contributed by atoms with Crippen LogP contribution in [0.3, 0.4) is 0 Å². The van der Waals surface area contributed by atoms with Gasteiger partial charge in [-0.05, 0) is 51.0 Å². The summed E-state index contributed by atoms with van der Waals surface area (Å²) in [6.07, 6.45) is 6.04. The van der Waals surface area contributed by atoms with E-state index in [1.54, 1.807) is 32.0 Å². The van der Waals surface area contributed by atoms with Crippen LogP contribution in [0.15, 0.2) is 41.5 Å². The molecule has 0 N–H and O–H groups in total. The Bertz CT molecular complexity index is 1510. The summed E-state index contributed by atoms with van der Waals surface area (Å²) in [4.78, 5) is 19.8. The molecule has 10 heteroatoms. The van der Waals surface area contributed by atoms with Crippen molar-refractivity contribution in [2.24, 2.45) is 0 Å². The van der Waals surface area contributed by atoms with E-state index in [1.807, 2.05) is 10.9 Å². The highest BCUT2D eigenvalue weighted by Crippen LogP contribution is 2.36. The minimum Gasteiger partial charge on any atom is -0.370 e. The lowest BCUT2D eigenvalue weighted by atomic mass is 10.1. The maximum Gasteiger partial charge on any atom is 0.277 e. The Labute approximate surface area is 205 Å². The SMILES string of the molecule is Cc1nc2c(-c3ccc(Cl)cc3F)cc(N3CCOC(c4cnn(C5CC5)c4)C3)nn2c(=O)c1C. The average molecular weight is 495 g/mol. The van der Waals surface area contributed by atoms with Crippen molar-refractivity contribution in [1.29, 1.82) is 0 Å². The first-order valence-electron chi connectivity index (χ1n) is 11.7. The van der Waals surface area contributed by atoms with Crippen LogP contribution in [0.25, 0.3) is 16.8 Å². The number of nitrogens with zero attached hydrogens (tertiary/aromatic N) is 6. The first-order valence-corrected chi connectivity index (χ1v) is 12.0. The average Bonchev–Trinajstić information content (AvgIpc) is 3.59. The van der Waals surface area contributed by atoms with Crippen molar-refractivity contribution in [3.05, 3.63) is 74.7 Å². The quantitative estimate of drug-likeness (QED) is 0.421. The Morgan fingerprint density at radius 2 is 2.00 bits per heavy atom. The van der Waals surface area contributed by atoms with E-state index in [0.717, 1.165) is 18.4 Å². The summed E-state index contributed by atoms with van der Waals surface area (Å²) in [6.45, 7) is 5.09. The van der Waals surface area contributed by atoms with Gasteiger partial charge in [-0.3, -0.25) is 9.48 Å². The van der Waals surface area contributed by atoms with E-state index < -0.39 is 5.82 Å². The van der Waals surface area contributed by atoms with Gasteiger partial charge in [0.2, 0.25) is 0 Å². The van der Waals surface area contributed by atoms with Gasteiger partial charge in [-0.25, -0.2) is 9.37 Å². The van der Waals surface area contributed by atoms with Gasteiger partial charge in [0.15, 0.2) is 11.5 Å². The van der Waals surface area contributed by atoms with Gasteiger partial charge in [-0.15, -0.1) is 5.10 Å². The van der Waals surface area contributed by atoms with Gasteiger partial charge < -0.3 is 9.64 Å². The zero-order chi connectivity index (χ0) is 24.3. The maximum absolute atomic E-state index is 15.0. The van der Waals surface area contributed by atoms with Crippen molar-refractivity contribution in [3.8, 4) is 11.1 Å². The standard InChI is InChI=1S/C25H24ClFN6O2/c1-14-15(2)29-24-20(19-6-3-17(26)9-21(19)27)10-23(30-33(24)25(14)34)31-7-8-35-22(13-31)16-11-28-32(12-16)18-4-5-18/h3,6,9-12,18,22H,4-5,7-8,13H2,1-2H3. The predicted octanol–water partition coefficient (Wildman–Crippen LogP) is 4.28. The fraction of sp³-hybridized carbons (Fsp3) is 0.360. The fourth-order valence-electron chi connectivity index (χ4n) is 4.47.